The van der Waals surface area contributed by atoms with Crippen molar-refractivity contribution in [3.05, 3.63) is 114 Å². The molecule has 0 bridgehead atoms. The smallest absolute Gasteiger partial charge is 0.404 e. The molecule has 1 heterocycles. The van der Waals surface area contributed by atoms with Crippen molar-refractivity contribution in [3.8, 4) is 0 Å². The lowest BCUT2D eigenvalue weighted by Crippen LogP contribution is -2.50. The van der Waals surface area contributed by atoms with Gasteiger partial charge in [-0.05, 0) is 16.7 Å². The highest BCUT2D eigenvalue weighted by atomic mass is 16.4. The van der Waals surface area contributed by atoms with E-state index in [1.165, 1.54) is 6.20 Å². The average Bonchev–Trinajstić information content (AvgIpc) is 3.35. The van der Waals surface area contributed by atoms with E-state index in [9.17, 15) is 19.2 Å². The van der Waals surface area contributed by atoms with E-state index in [0.717, 1.165) is 16.7 Å². The van der Waals surface area contributed by atoms with Crippen molar-refractivity contribution in [2.24, 2.45) is 7.05 Å². The van der Waals surface area contributed by atoms with Crippen LogP contribution in [0.3, 0.4) is 0 Å². The van der Waals surface area contributed by atoms with Gasteiger partial charge in [-0.15, -0.1) is 0 Å². The van der Waals surface area contributed by atoms with Gasteiger partial charge in [0.15, 0.2) is 0 Å². The van der Waals surface area contributed by atoms with Crippen LogP contribution in [0.4, 0.5) is 21.1 Å². The van der Waals surface area contributed by atoms with E-state index < -0.39 is 42.0 Å². The molecule has 3 aromatic carbocycles. The molecule has 0 saturated heterocycles. The third kappa shape index (κ3) is 7.70. The number of hydrogen-bond acceptors (Lipinski definition) is 6. The molecule has 0 aliphatic carbocycles. The maximum Gasteiger partial charge on any atom is 0.404 e. The number of nitrogens with zero attached hydrogens (tertiary/aromatic N) is 2. The van der Waals surface area contributed by atoms with Crippen molar-refractivity contribution in [3.63, 3.8) is 0 Å². The molecule has 0 aliphatic rings. The lowest BCUT2D eigenvalue weighted by Gasteiger charge is -2.38. The molecule has 4 aromatic rings. The normalized spacial score (nSPS) is 11.0. The van der Waals surface area contributed by atoms with Crippen molar-refractivity contribution in [1.29, 1.82) is 0 Å². The van der Waals surface area contributed by atoms with Crippen LogP contribution in [0.25, 0.3) is 0 Å². The second-order valence-electron chi connectivity index (χ2n) is 9.87. The Morgan fingerprint density at radius 3 is 1.64 bits per heavy atom. The third-order valence-electron chi connectivity index (χ3n) is 6.82. The second kappa shape index (κ2) is 14.4. The first kappa shape index (κ1) is 31.1. The zero-order valence-electron chi connectivity index (χ0n) is 23.9. The lowest BCUT2D eigenvalue weighted by atomic mass is 9.77. The van der Waals surface area contributed by atoms with Crippen molar-refractivity contribution in [2.75, 3.05) is 23.7 Å². The van der Waals surface area contributed by atoms with Gasteiger partial charge in [0.05, 0.1) is 12.2 Å². The van der Waals surface area contributed by atoms with Crippen LogP contribution in [0.1, 0.15) is 23.1 Å². The van der Waals surface area contributed by atoms with E-state index in [2.05, 4.69) is 31.7 Å². The first-order chi connectivity index (χ1) is 21.2. The molecule has 228 valence electrons. The number of benzene rings is 3. The largest absolute Gasteiger partial charge is 0.465 e. The summed E-state index contributed by atoms with van der Waals surface area (Å²) >= 11 is 0. The topological polar surface area (TPSA) is 187 Å². The van der Waals surface area contributed by atoms with Crippen molar-refractivity contribution >= 4 is 35.5 Å². The molecular formula is C31H33N7O6. The van der Waals surface area contributed by atoms with E-state index >= 15 is 0 Å². The van der Waals surface area contributed by atoms with Crippen molar-refractivity contribution < 1.29 is 29.4 Å². The Kier molecular flexibility index (Phi) is 10.1. The van der Waals surface area contributed by atoms with Gasteiger partial charge < -0.3 is 36.8 Å². The number of nitrogens with one attached hydrogen (secondary N) is 5. The van der Waals surface area contributed by atoms with Gasteiger partial charge in [-0.2, -0.15) is 5.10 Å². The van der Waals surface area contributed by atoms with Crippen molar-refractivity contribution in [2.45, 2.75) is 18.0 Å². The van der Waals surface area contributed by atoms with Crippen LogP contribution in [-0.4, -0.2) is 63.1 Å². The fraction of sp³-hybridized carbons (Fsp3) is 0.194. The molecule has 0 saturated carbocycles. The molecule has 0 radical (unpaired) electrons. The minimum absolute atomic E-state index is 0.264. The first-order valence-electron chi connectivity index (χ1n) is 13.7. The summed E-state index contributed by atoms with van der Waals surface area (Å²) in [4.78, 5) is 47.4. The van der Waals surface area contributed by atoms with Crippen LogP contribution in [-0.2, 0) is 22.2 Å². The molecule has 0 atom stereocenters. The highest BCUT2D eigenvalue weighted by molar-refractivity contribution is 6.04. The summed E-state index contributed by atoms with van der Waals surface area (Å²) in [5, 5.41) is 35.2. The zero-order valence-corrected chi connectivity index (χ0v) is 23.9. The van der Waals surface area contributed by atoms with Crippen LogP contribution in [0.2, 0.25) is 0 Å². The molecule has 0 unspecified atom stereocenters. The third-order valence-corrected chi connectivity index (χ3v) is 6.82. The van der Waals surface area contributed by atoms with Crippen molar-refractivity contribution in [1.82, 2.24) is 25.7 Å². The fourth-order valence-electron chi connectivity index (χ4n) is 4.85. The Morgan fingerprint density at radius 2 is 1.20 bits per heavy atom. The number of aryl methyl sites for hydroxylation is 1. The fourth-order valence-corrected chi connectivity index (χ4v) is 4.85. The van der Waals surface area contributed by atoms with Crippen LogP contribution < -0.4 is 26.6 Å². The monoisotopic (exact) mass is 599 g/mol. The minimum Gasteiger partial charge on any atom is -0.465 e. The summed E-state index contributed by atoms with van der Waals surface area (Å²) < 4.78 is 1.59. The zero-order chi connectivity index (χ0) is 31.5. The number of carbonyl (C=O) groups is 4. The SMILES string of the molecule is Cn1ncc(NC(=O)CC(=O)NC(CNC(=O)O)CNC(=O)O)c1NC(c1ccccc1)(c1ccccc1)c1ccccc1. The number of hydrogen-bond donors (Lipinski definition) is 7. The molecule has 44 heavy (non-hydrogen) atoms. The van der Waals surface area contributed by atoms with Gasteiger partial charge in [-0.25, -0.2) is 9.59 Å². The van der Waals surface area contributed by atoms with Gasteiger partial charge in [0.25, 0.3) is 0 Å². The predicted molar refractivity (Wildman–Crippen MR) is 163 cm³/mol. The van der Waals surface area contributed by atoms with Crippen LogP contribution in [0.15, 0.2) is 97.2 Å². The Balaban J connectivity index is 1.60. The summed E-state index contributed by atoms with van der Waals surface area (Å²) in [6.07, 6.45) is -1.81. The molecule has 0 spiro atoms. The van der Waals surface area contributed by atoms with Gasteiger partial charge in [0, 0.05) is 20.1 Å². The Labute approximate surface area is 253 Å². The molecule has 7 N–H and O–H groups in total. The molecular weight excluding hydrogens is 566 g/mol. The summed E-state index contributed by atoms with van der Waals surface area (Å²) in [5.41, 5.74) is 2.23. The molecule has 13 nitrogen and oxygen atoms in total. The number of amides is 4. The highest BCUT2D eigenvalue weighted by Gasteiger charge is 2.38. The Morgan fingerprint density at radius 1 is 0.750 bits per heavy atom. The number of rotatable bonds is 13. The molecule has 13 heteroatoms. The maximum absolute atomic E-state index is 13.0. The van der Waals surface area contributed by atoms with Crippen LogP contribution >= 0.6 is 0 Å². The van der Waals surface area contributed by atoms with E-state index in [1.807, 2.05) is 91.0 Å². The number of carboxylic acid groups (broad SMARTS) is 2. The summed E-state index contributed by atoms with van der Waals surface area (Å²) in [5.74, 6) is -0.901. The molecule has 4 rings (SSSR count). The molecule has 0 aliphatic heterocycles. The van der Waals surface area contributed by atoms with Gasteiger partial charge in [0.1, 0.15) is 23.5 Å². The molecule has 1 aromatic heterocycles. The summed E-state index contributed by atoms with van der Waals surface area (Å²) in [7, 11) is 1.73. The van der Waals surface area contributed by atoms with Crippen LogP contribution in [0, 0.1) is 0 Å². The second-order valence-corrected chi connectivity index (χ2v) is 9.87. The summed E-state index contributed by atoms with van der Waals surface area (Å²) in [6, 6.07) is 28.7. The molecule has 0 fully saturated rings. The van der Waals surface area contributed by atoms with E-state index in [0.29, 0.717) is 11.5 Å². The number of carbonyl (C=O) groups excluding carboxylic acids is 2. The summed E-state index contributed by atoms with van der Waals surface area (Å²) in [6.45, 7) is -0.527. The number of anilines is 2. The van der Waals surface area contributed by atoms with E-state index in [-0.39, 0.29) is 13.1 Å². The van der Waals surface area contributed by atoms with Crippen LogP contribution in [0.5, 0.6) is 0 Å². The van der Waals surface area contributed by atoms with E-state index in [4.69, 9.17) is 10.2 Å². The average molecular weight is 600 g/mol. The van der Waals surface area contributed by atoms with Gasteiger partial charge >= 0.3 is 12.2 Å². The quantitative estimate of drug-likeness (QED) is 0.0902. The molecule has 4 amide bonds. The highest BCUT2D eigenvalue weighted by Crippen LogP contribution is 2.41. The lowest BCUT2D eigenvalue weighted by molar-refractivity contribution is -0.127. The maximum atomic E-state index is 13.0. The van der Waals surface area contributed by atoms with E-state index in [1.54, 1.807) is 11.7 Å². The minimum atomic E-state index is -1.34. The van der Waals surface area contributed by atoms with Gasteiger partial charge in [-0.1, -0.05) is 91.0 Å². The Hall–Kier alpha value is -5.85. The Bertz CT molecular complexity index is 1460. The predicted octanol–water partition coefficient (Wildman–Crippen LogP) is 3.17. The first-order valence-corrected chi connectivity index (χ1v) is 13.7. The standard InChI is InChI=1S/C31H33N7O6/c1-38-28(25(20-34-38)36-27(40)17-26(39)35-24(18-32-29(41)42)19-33-30(43)44)37-31(21-11-5-2-6-12-21,22-13-7-3-8-14-22)23-15-9-4-10-16-23/h2-16,20,24,32-33,37H,17-19H2,1H3,(H,35,39)(H,36,40)(H,41,42)(H,43,44). The number of aromatic nitrogens is 2. The van der Waals surface area contributed by atoms with Gasteiger partial charge in [-0.3, -0.25) is 14.3 Å². The van der Waals surface area contributed by atoms with Gasteiger partial charge in [0.2, 0.25) is 11.8 Å².